The Bertz CT molecular complexity index is 911. The molecule has 8 nitrogen and oxygen atoms in total. The summed E-state index contributed by atoms with van der Waals surface area (Å²) in [6, 6.07) is 11.0. The maximum Gasteiger partial charge on any atom is 0.295 e. The van der Waals surface area contributed by atoms with E-state index >= 15 is 0 Å². The van der Waals surface area contributed by atoms with Gasteiger partial charge in [-0.25, -0.2) is 0 Å². The van der Waals surface area contributed by atoms with Crippen molar-refractivity contribution in [2.45, 2.75) is 13.0 Å². The lowest BCUT2D eigenvalue weighted by atomic mass is 9.98. The normalized spacial score (nSPS) is 18.1. The molecular weight excluding hydrogens is 388 g/mol. The quantitative estimate of drug-likeness (QED) is 0.280. The highest BCUT2D eigenvalue weighted by molar-refractivity contribution is 6.46. The molecule has 1 aliphatic heterocycles. The average molecular weight is 412 g/mol. The zero-order valence-corrected chi connectivity index (χ0v) is 16.7. The number of aliphatic hydroxyl groups excluding tert-OH is 2. The molecule has 1 unspecified atom stereocenters. The standard InChI is InChI=1S/C22H24N2O6/c1-2-30-16-8-6-15(7-9-16)20(26)18-19(17-5-3-4-10-23-17)24(22(28)21(18)27)11-13-29-14-12-25/h3-10,19,25-26H,2,11-14H2,1H3/b20-18+. The Labute approximate surface area is 174 Å². The van der Waals surface area contributed by atoms with Crippen LogP contribution in [0.2, 0.25) is 0 Å². The van der Waals surface area contributed by atoms with Crippen LogP contribution in [0.4, 0.5) is 0 Å². The number of hydrogen-bond donors (Lipinski definition) is 2. The van der Waals surface area contributed by atoms with Crippen LogP contribution in [-0.4, -0.2) is 64.8 Å². The van der Waals surface area contributed by atoms with Gasteiger partial charge in [-0.05, 0) is 43.3 Å². The predicted octanol–water partition coefficient (Wildman–Crippen LogP) is 1.91. The van der Waals surface area contributed by atoms with Gasteiger partial charge in [0.2, 0.25) is 0 Å². The molecule has 2 N–H and O–H groups in total. The lowest BCUT2D eigenvalue weighted by Gasteiger charge is -2.24. The molecular formula is C22H24N2O6. The van der Waals surface area contributed by atoms with E-state index in [9.17, 15) is 14.7 Å². The van der Waals surface area contributed by atoms with Crippen LogP contribution < -0.4 is 4.74 Å². The van der Waals surface area contributed by atoms with Crippen molar-refractivity contribution in [1.82, 2.24) is 9.88 Å². The number of ether oxygens (including phenoxy) is 2. The minimum absolute atomic E-state index is 0.0231. The van der Waals surface area contributed by atoms with Gasteiger partial charge in [-0.3, -0.25) is 14.6 Å². The number of aromatic nitrogens is 1. The molecule has 8 heteroatoms. The Hall–Kier alpha value is -3.23. The van der Waals surface area contributed by atoms with Crippen molar-refractivity contribution >= 4 is 17.4 Å². The molecule has 1 aromatic heterocycles. The number of carbonyl (C=O) groups excluding carboxylic acids is 2. The minimum Gasteiger partial charge on any atom is -0.507 e. The maximum absolute atomic E-state index is 12.8. The summed E-state index contributed by atoms with van der Waals surface area (Å²) >= 11 is 0. The molecule has 30 heavy (non-hydrogen) atoms. The van der Waals surface area contributed by atoms with E-state index < -0.39 is 17.7 Å². The molecule has 0 aliphatic carbocycles. The van der Waals surface area contributed by atoms with E-state index in [-0.39, 0.29) is 37.7 Å². The Kier molecular flexibility index (Phi) is 7.16. The van der Waals surface area contributed by atoms with Gasteiger partial charge < -0.3 is 24.6 Å². The summed E-state index contributed by atoms with van der Waals surface area (Å²) in [6.45, 7) is 2.62. The second kappa shape index (κ2) is 10.00. The number of pyridine rings is 1. The van der Waals surface area contributed by atoms with Crippen LogP contribution in [0.5, 0.6) is 5.75 Å². The van der Waals surface area contributed by atoms with Crippen molar-refractivity contribution in [2.24, 2.45) is 0 Å². The molecule has 0 radical (unpaired) electrons. The zero-order valence-electron chi connectivity index (χ0n) is 16.7. The molecule has 0 spiro atoms. The van der Waals surface area contributed by atoms with Gasteiger partial charge in [-0.15, -0.1) is 0 Å². The second-order valence-corrected chi connectivity index (χ2v) is 6.54. The first-order chi connectivity index (χ1) is 14.6. The Morgan fingerprint density at radius 1 is 1.13 bits per heavy atom. The molecule has 2 aromatic rings. The third-order valence-corrected chi connectivity index (χ3v) is 4.66. The smallest absolute Gasteiger partial charge is 0.295 e. The highest BCUT2D eigenvalue weighted by Crippen LogP contribution is 2.38. The number of ketones is 1. The third kappa shape index (κ3) is 4.50. The molecule has 1 fully saturated rings. The van der Waals surface area contributed by atoms with Gasteiger partial charge in [0.25, 0.3) is 11.7 Å². The zero-order chi connectivity index (χ0) is 21.5. The van der Waals surface area contributed by atoms with Crippen molar-refractivity contribution in [3.63, 3.8) is 0 Å². The van der Waals surface area contributed by atoms with Gasteiger partial charge in [0.05, 0.1) is 37.7 Å². The van der Waals surface area contributed by atoms with Gasteiger partial charge >= 0.3 is 0 Å². The van der Waals surface area contributed by atoms with Crippen LogP contribution in [0, 0.1) is 0 Å². The van der Waals surface area contributed by atoms with Gasteiger partial charge in [0, 0.05) is 18.3 Å². The molecule has 0 bridgehead atoms. The molecule has 158 valence electrons. The largest absolute Gasteiger partial charge is 0.507 e. The Morgan fingerprint density at radius 2 is 1.90 bits per heavy atom. The van der Waals surface area contributed by atoms with E-state index in [2.05, 4.69) is 4.98 Å². The lowest BCUT2D eigenvalue weighted by Crippen LogP contribution is -2.33. The monoisotopic (exact) mass is 412 g/mol. The fraction of sp³-hybridized carbons (Fsp3) is 0.318. The highest BCUT2D eigenvalue weighted by atomic mass is 16.5. The van der Waals surface area contributed by atoms with Crippen LogP contribution in [0.1, 0.15) is 24.2 Å². The third-order valence-electron chi connectivity index (χ3n) is 4.66. The van der Waals surface area contributed by atoms with Gasteiger partial charge in [-0.1, -0.05) is 6.07 Å². The fourth-order valence-electron chi connectivity index (χ4n) is 3.32. The summed E-state index contributed by atoms with van der Waals surface area (Å²) in [5.41, 5.74) is 0.838. The number of likely N-dealkylation sites (tertiary alicyclic amines) is 1. The fourth-order valence-corrected chi connectivity index (χ4v) is 3.32. The Morgan fingerprint density at radius 3 is 2.53 bits per heavy atom. The summed E-state index contributed by atoms with van der Waals surface area (Å²) in [6.07, 6.45) is 1.56. The minimum atomic E-state index is -0.838. The van der Waals surface area contributed by atoms with Gasteiger partial charge in [0.15, 0.2) is 0 Å². The molecule has 1 aliphatic rings. The summed E-state index contributed by atoms with van der Waals surface area (Å²) < 4.78 is 10.7. The molecule has 1 aromatic carbocycles. The second-order valence-electron chi connectivity index (χ2n) is 6.54. The van der Waals surface area contributed by atoms with E-state index in [0.717, 1.165) is 0 Å². The van der Waals surface area contributed by atoms with Crippen molar-refractivity contribution in [1.29, 1.82) is 0 Å². The molecule has 3 rings (SSSR count). The number of hydrogen-bond acceptors (Lipinski definition) is 7. The number of nitrogens with zero attached hydrogens (tertiary/aromatic N) is 2. The van der Waals surface area contributed by atoms with Crippen LogP contribution in [0.3, 0.4) is 0 Å². The van der Waals surface area contributed by atoms with Crippen molar-refractivity contribution in [2.75, 3.05) is 33.0 Å². The first-order valence-electron chi connectivity index (χ1n) is 9.69. The maximum atomic E-state index is 12.8. The summed E-state index contributed by atoms with van der Waals surface area (Å²) in [7, 11) is 0. The molecule has 0 saturated carbocycles. The highest BCUT2D eigenvalue weighted by Gasteiger charge is 2.46. The summed E-state index contributed by atoms with van der Waals surface area (Å²) in [5.74, 6) is -1.15. The number of Topliss-reactive ketones (excluding diaryl/α,β-unsaturated/α-hetero) is 1. The van der Waals surface area contributed by atoms with E-state index in [1.807, 2.05) is 6.92 Å². The molecule has 1 saturated heterocycles. The average Bonchev–Trinajstić information content (AvgIpc) is 3.02. The number of rotatable bonds is 9. The molecule has 1 atom stereocenters. The molecule has 2 heterocycles. The Balaban J connectivity index is 2.00. The lowest BCUT2D eigenvalue weighted by molar-refractivity contribution is -0.140. The summed E-state index contributed by atoms with van der Waals surface area (Å²) in [5, 5.41) is 19.8. The van der Waals surface area contributed by atoms with Gasteiger partial charge in [0.1, 0.15) is 17.6 Å². The van der Waals surface area contributed by atoms with Crippen molar-refractivity contribution in [3.05, 3.63) is 65.5 Å². The van der Waals surface area contributed by atoms with Crippen LogP contribution in [-0.2, 0) is 14.3 Å². The van der Waals surface area contributed by atoms with Crippen LogP contribution >= 0.6 is 0 Å². The van der Waals surface area contributed by atoms with Gasteiger partial charge in [-0.2, -0.15) is 0 Å². The van der Waals surface area contributed by atoms with Crippen molar-refractivity contribution < 1.29 is 29.3 Å². The van der Waals surface area contributed by atoms with Crippen LogP contribution in [0.25, 0.3) is 5.76 Å². The SMILES string of the molecule is CCOc1ccc(/C(O)=C2\C(=O)C(=O)N(CCOCCO)C2c2ccccn2)cc1. The topological polar surface area (TPSA) is 109 Å². The van der Waals surface area contributed by atoms with E-state index in [1.165, 1.54) is 4.90 Å². The predicted molar refractivity (Wildman–Crippen MR) is 109 cm³/mol. The van der Waals surface area contributed by atoms with Crippen LogP contribution in [0.15, 0.2) is 54.2 Å². The first kappa shape index (κ1) is 21.5. The number of aliphatic hydroxyl groups is 2. The van der Waals surface area contributed by atoms with E-state index in [1.54, 1.807) is 48.7 Å². The van der Waals surface area contributed by atoms with E-state index in [0.29, 0.717) is 23.6 Å². The number of amides is 1. The van der Waals surface area contributed by atoms with Crippen molar-refractivity contribution in [3.8, 4) is 5.75 Å². The summed E-state index contributed by atoms with van der Waals surface area (Å²) in [4.78, 5) is 31.2. The first-order valence-corrected chi connectivity index (χ1v) is 9.69. The number of benzene rings is 1. The number of carbonyl (C=O) groups is 2. The molecule has 1 amide bonds. The van der Waals surface area contributed by atoms with E-state index in [4.69, 9.17) is 14.6 Å².